The summed E-state index contributed by atoms with van der Waals surface area (Å²) in [5, 5.41) is 0. The lowest BCUT2D eigenvalue weighted by molar-refractivity contribution is -0.185. The van der Waals surface area contributed by atoms with E-state index >= 15 is 8.78 Å². The molecule has 0 bridgehead atoms. The van der Waals surface area contributed by atoms with Crippen molar-refractivity contribution in [3.05, 3.63) is 89.2 Å². The van der Waals surface area contributed by atoms with Gasteiger partial charge in [0, 0.05) is 5.56 Å². The molecule has 0 atom stereocenters. The van der Waals surface area contributed by atoms with Gasteiger partial charge in [-0.1, -0.05) is 82.2 Å². The first-order valence-electron chi connectivity index (χ1n) is 14.2. The molecule has 3 aromatic carbocycles. The van der Waals surface area contributed by atoms with Gasteiger partial charge in [-0.3, -0.25) is 0 Å². The third-order valence-corrected chi connectivity index (χ3v) is 7.95. The number of hydrogen-bond donors (Lipinski definition) is 0. The summed E-state index contributed by atoms with van der Waals surface area (Å²) in [7, 11) is 0. The van der Waals surface area contributed by atoms with Crippen LogP contribution in [0.15, 0.2) is 60.7 Å². The highest BCUT2D eigenvalue weighted by molar-refractivity contribution is 5.70. The average Bonchev–Trinajstić information content (AvgIpc) is 2.94. The topological polar surface area (TPSA) is 9.23 Å². The molecule has 0 aliphatic heterocycles. The molecule has 0 N–H and O–H groups in total. The van der Waals surface area contributed by atoms with Crippen molar-refractivity contribution in [2.75, 3.05) is 0 Å². The second kappa shape index (κ2) is 13.5. The van der Waals surface area contributed by atoms with Crippen LogP contribution < -0.4 is 4.74 Å². The Hall–Kier alpha value is -2.89. The van der Waals surface area contributed by atoms with Crippen molar-refractivity contribution in [1.29, 1.82) is 0 Å². The predicted molar refractivity (Wildman–Crippen MR) is 145 cm³/mol. The van der Waals surface area contributed by atoms with Crippen molar-refractivity contribution >= 4 is 0 Å². The molecule has 0 aromatic heterocycles. The molecule has 0 saturated heterocycles. The van der Waals surface area contributed by atoms with Crippen LogP contribution in [0.4, 0.5) is 22.0 Å². The summed E-state index contributed by atoms with van der Waals surface area (Å²) < 4.78 is 76.4. The molecule has 3 aromatic rings. The Morgan fingerprint density at radius 1 is 0.769 bits per heavy atom. The van der Waals surface area contributed by atoms with Gasteiger partial charge in [-0.2, -0.15) is 8.78 Å². The maximum Gasteiger partial charge on any atom is 0.426 e. The number of ether oxygens (including phenoxy) is 1. The second-order valence-corrected chi connectivity index (χ2v) is 10.8. The highest BCUT2D eigenvalue weighted by Gasteiger charge is 2.35. The zero-order valence-corrected chi connectivity index (χ0v) is 22.5. The normalized spacial score (nSPS) is 17.8. The molecule has 39 heavy (non-hydrogen) atoms. The van der Waals surface area contributed by atoms with Crippen LogP contribution in [0.3, 0.4) is 0 Å². The van der Waals surface area contributed by atoms with Gasteiger partial charge >= 0.3 is 6.11 Å². The van der Waals surface area contributed by atoms with E-state index in [1.54, 1.807) is 12.1 Å². The third kappa shape index (κ3) is 7.61. The van der Waals surface area contributed by atoms with Crippen LogP contribution in [0.25, 0.3) is 11.1 Å². The van der Waals surface area contributed by atoms with Crippen molar-refractivity contribution in [2.45, 2.75) is 89.6 Å². The minimum atomic E-state index is -3.68. The molecule has 1 saturated carbocycles. The van der Waals surface area contributed by atoms with Crippen LogP contribution >= 0.6 is 0 Å². The number of alkyl halides is 2. The van der Waals surface area contributed by atoms with Gasteiger partial charge in [-0.15, -0.1) is 0 Å². The quantitative estimate of drug-likeness (QED) is 0.125. The monoisotopic (exact) mass is 544 g/mol. The van der Waals surface area contributed by atoms with Crippen LogP contribution in [0.5, 0.6) is 5.75 Å². The number of unbranched alkanes of at least 4 members (excludes halogenated alkanes) is 5. The van der Waals surface area contributed by atoms with E-state index in [0.717, 1.165) is 36.5 Å². The van der Waals surface area contributed by atoms with Gasteiger partial charge < -0.3 is 4.74 Å². The van der Waals surface area contributed by atoms with Gasteiger partial charge in [0.15, 0.2) is 17.5 Å². The van der Waals surface area contributed by atoms with E-state index in [4.69, 9.17) is 4.74 Å². The van der Waals surface area contributed by atoms with Gasteiger partial charge in [-0.05, 0) is 79.0 Å². The smallest absolute Gasteiger partial charge is 0.426 e. The Labute approximate surface area is 228 Å². The summed E-state index contributed by atoms with van der Waals surface area (Å²) in [6, 6.07) is 13.5. The summed E-state index contributed by atoms with van der Waals surface area (Å²) in [6.45, 7) is 2.23. The number of rotatable bonds is 12. The summed E-state index contributed by atoms with van der Waals surface area (Å²) >= 11 is 0. The summed E-state index contributed by atoms with van der Waals surface area (Å²) in [5.74, 6) is -3.54. The highest BCUT2D eigenvalue weighted by atomic mass is 19.3. The van der Waals surface area contributed by atoms with Gasteiger partial charge in [0.25, 0.3) is 0 Å². The van der Waals surface area contributed by atoms with Crippen molar-refractivity contribution < 1.29 is 26.7 Å². The van der Waals surface area contributed by atoms with Gasteiger partial charge in [-0.25, -0.2) is 13.2 Å². The lowest BCUT2D eigenvalue weighted by atomic mass is 9.77. The molecule has 1 nitrogen and oxygen atoms in total. The molecule has 0 amide bonds. The maximum absolute atomic E-state index is 15.2. The standard InChI is InChI=1S/C33H37F5O/c1-2-3-4-5-6-7-10-23-13-15-24(16-14-23)25-17-19-27(20-18-25)33(37,38)39-31-12-9-8-11-28(31)26-21-29(34)32(36)30(35)22-26/h8-9,11-12,17-24H,2-7,10,13-16H2,1H3. The molecule has 1 aliphatic carbocycles. The molecule has 4 rings (SSSR count). The second-order valence-electron chi connectivity index (χ2n) is 10.8. The van der Waals surface area contributed by atoms with E-state index in [-0.39, 0.29) is 22.4 Å². The number of benzene rings is 3. The minimum absolute atomic E-state index is 0.0318. The number of hydrogen-bond acceptors (Lipinski definition) is 1. The predicted octanol–water partition coefficient (Wildman–Crippen LogP) is 10.9. The van der Waals surface area contributed by atoms with Crippen molar-refractivity contribution in [2.24, 2.45) is 5.92 Å². The SMILES string of the molecule is CCCCCCCCC1CCC(c2ccc(C(F)(F)Oc3ccccc3-c3cc(F)c(F)c(F)c3)cc2)CC1. The zero-order chi connectivity index (χ0) is 27.8. The Bertz CT molecular complexity index is 1180. The highest BCUT2D eigenvalue weighted by Crippen LogP contribution is 2.41. The van der Waals surface area contributed by atoms with E-state index in [2.05, 4.69) is 6.92 Å². The molecule has 1 aliphatic rings. The summed E-state index contributed by atoms with van der Waals surface area (Å²) in [6.07, 6.45) is 10.0. The first-order valence-corrected chi connectivity index (χ1v) is 14.2. The van der Waals surface area contributed by atoms with Crippen LogP contribution in [0.1, 0.15) is 94.6 Å². The molecule has 6 heteroatoms. The molecule has 210 valence electrons. The minimum Gasteiger partial charge on any atom is -0.428 e. The first kappa shape index (κ1) is 29.1. The largest absolute Gasteiger partial charge is 0.428 e. The van der Waals surface area contributed by atoms with Crippen LogP contribution in [0.2, 0.25) is 0 Å². The molecular weight excluding hydrogens is 507 g/mol. The summed E-state index contributed by atoms with van der Waals surface area (Å²) in [4.78, 5) is 0. The fourth-order valence-corrected chi connectivity index (χ4v) is 5.65. The van der Waals surface area contributed by atoms with Gasteiger partial charge in [0.2, 0.25) is 0 Å². The van der Waals surface area contributed by atoms with Gasteiger partial charge in [0.05, 0.1) is 5.56 Å². The number of halogens is 5. The Kier molecular flexibility index (Phi) is 10.0. The van der Waals surface area contributed by atoms with E-state index in [1.165, 1.54) is 94.2 Å². The van der Waals surface area contributed by atoms with Crippen LogP contribution in [0, 0.1) is 23.4 Å². The van der Waals surface area contributed by atoms with Crippen molar-refractivity contribution in [1.82, 2.24) is 0 Å². The third-order valence-electron chi connectivity index (χ3n) is 7.95. The Morgan fingerprint density at radius 2 is 1.38 bits per heavy atom. The van der Waals surface area contributed by atoms with E-state index in [0.29, 0.717) is 5.92 Å². The van der Waals surface area contributed by atoms with E-state index < -0.39 is 23.6 Å². The van der Waals surface area contributed by atoms with Crippen LogP contribution in [-0.2, 0) is 6.11 Å². The first-order chi connectivity index (χ1) is 18.8. The maximum atomic E-state index is 15.2. The lowest BCUT2D eigenvalue weighted by Crippen LogP contribution is -2.22. The Balaban J connectivity index is 1.36. The van der Waals surface area contributed by atoms with Crippen molar-refractivity contribution in [3.63, 3.8) is 0 Å². The number of para-hydroxylation sites is 1. The average molecular weight is 545 g/mol. The lowest BCUT2D eigenvalue weighted by Gasteiger charge is -2.29. The molecule has 1 fully saturated rings. The van der Waals surface area contributed by atoms with Crippen LogP contribution in [-0.4, -0.2) is 0 Å². The fraction of sp³-hybridized carbons (Fsp3) is 0.455. The van der Waals surface area contributed by atoms with E-state index in [1.807, 2.05) is 0 Å². The Morgan fingerprint density at radius 3 is 2.05 bits per heavy atom. The summed E-state index contributed by atoms with van der Waals surface area (Å²) in [5.41, 5.74) is 0.684. The molecular formula is C33H37F5O. The van der Waals surface area contributed by atoms with Gasteiger partial charge in [0.1, 0.15) is 5.75 Å². The van der Waals surface area contributed by atoms with E-state index in [9.17, 15) is 13.2 Å². The zero-order valence-electron chi connectivity index (χ0n) is 22.5. The molecule has 0 spiro atoms. The van der Waals surface area contributed by atoms with Crippen molar-refractivity contribution in [3.8, 4) is 16.9 Å². The molecule has 0 radical (unpaired) electrons. The fourth-order valence-electron chi connectivity index (χ4n) is 5.65. The molecule has 0 unspecified atom stereocenters. The molecule has 0 heterocycles.